The third-order valence-corrected chi connectivity index (χ3v) is 3.32. The SMILES string of the molecule is CCCC1(O)CN(CC(=O)N2CCC2)C1. The molecule has 4 heteroatoms. The quantitative estimate of drug-likeness (QED) is 0.717. The fraction of sp³-hybridized carbons (Fsp3) is 0.909. The molecule has 2 aliphatic rings. The number of likely N-dealkylation sites (tertiary alicyclic amines) is 2. The number of nitrogens with zero attached hydrogens (tertiary/aromatic N) is 2. The molecule has 0 aliphatic carbocycles. The number of β-amino-alcohol motifs (C(OH)–C–C–N with tert-alkyl or cyclic N) is 1. The summed E-state index contributed by atoms with van der Waals surface area (Å²) in [5, 5.41) is 9.94. The second kappa shape index (κ2) is 4.10. The van der Waals surface area contributed by atoms with E-state index in [0.29, 0.717) is 19.6 Å². The zero-order valence-electron chi connectivity index (χ0n) is 9.41. The molecule has 86 valence electrons. The van der Waals surface area contributed by atoms with E-state index in [4.69, 9.17) is 0 Å². The van der Waals surface area contributed by atoms with Crippen molar-refractivity contribution in [3.8, 4) is 0 Å². The number of carbonyl (C=O) groups is 1. The third-order valence-electron chi connectivity index (χ3n) is 3.32. The number of hydrogen-bond acceptors (Lipinski definition) is 3. The summed E-state index contributed by atoms with van der Waals surface area (Å²) in [4.78, 5) is 15.5. The minimum Gasteiger partial charge on any atom is -0.387 e. The topological polar surface area (TPSA) is 43.8 Å². The van der Waals surface area contributed by atoms with Crippen LogP contribution in [0.25, 0.3) is 0 Å². The molecule has 0 unspecified atom stereocenters. The molecule has 0 aromatic heterocycles. The Labute approximate surface area is 90.9 Å². The van der Waals surface area contributed by atoms with E-state index in [0.717, 1.165) is 32.4 Å². The van der Waals surface area contributed by atoms with Crippen molar-refractivity contribution in [2.24, 2.45) is 0 Å². The molecule has 2 aliphatic heterocycles. The van der Waals surface area contributed by atoms with E-state index in [-0.39, 0.29) is 5.91 Å². The molecule has 0 aromatic rings. The fourth-order valence-electron chi connectivity index (χ4n) is 2.38. The predicted molar refractivity (Wildman–Crippen MR) is 57.5 cm³/mol. The molecular formula is C11H20N2O2. The van der Waals surface area contributed by atoms with Gasteiger partial charge in [0, 0.05) is 26.2 Å². The van der Waals surface area contributed by atoms with Gasteiger partial charge in [-0.2, -0.15) is 0 Å². The molecule has 0 radical (unpaired) electrons. The summed E-state index contributed by atoms with van der Waals surface area (Å²) in [5.41, 5.74) is -0.510. The zero-order valence-corrected chi connectivity index (χ0v) is 9.41. The van der Waals surface area contributed by atoms with Gasteiger partial charge in [0.15, 0.2) is 0 Å². The monoisotopic (exact) mass is 212 g/mol. The lowest BCUT2D eigenvalue weighted by atomic mass is 9.89. The molecule has 2 fully saturated rings. The van der Waals surface area contributed by atoms with Crippen molar-refractivity contribution in [3.05, 3.63) is 0 Å². The Balaban J connectivity index is 1.68. The van der Waals surface area contributed by atoms with Crippen LogP contribution < -0.4 is 0 Å². The summed E-state index contributed by atoms with van der Waals surface area (Å²) >= 11 is 0. The van der Waals surface area contributed by atoms with Gasteiger partial charge in [0.05, 0.1) is 12.1 Å². The van der Waals surface area contributed by atoms with E-state index in [1.807, 2.05) is 9.80 Å². The summed E-state index contributed by atoms with van der Waals surface area (Å²) in [5.74, 6) is 0.222. The highest BCUT2D eigenvalue weighted by molar-refractivity contribution is 5.79. The Morgan fingerprint density at radius 1 is 1.40 bits per heavy atom. The van der Waals surface area contributed by atoms with Crippen LogP contribution in [-0.2, 0) is 4.79 Å². The molecule has 4 nitrogen and oxygen atoms in total. The van der Waals surface area contributed by atoms with Crippen LogP contribution in [0.5, 0.6) is 0 Å². The van der Waals surface area contributed by atoms with Gasteiger partial charge in [-0.1, -0.05) is 13.3 Å². The number of amides is 1. The lowest BCUT2D eigenvalue weighted by Gasteiger charge is -2.47. The predicted octanol–water partition coefficient (Wildman–Crippen LogP) is 0.0655. The molecule has 1 N–H and O–H groups in total. The molecule has 0 atom stereocenters. The number of carbonyl (C=O) groups excluding carboxylic acids is 1. The first-order valence-corrected chi connectivity index (χ1v) is 5.85. The van der Waals surface area contributed by atoms with E-state index in [9.17, 15) is 9.90 Å². The van der Waals surface area contributed by atoms with Gasteiger partial charge >= 0.3 is 0 Å². The molecular weight excluding hydrogens is 192 g/mol. The van der Waals surface area contributed by atoms with Gasteiger partial charge in [0.25, 0.3) is 0 Å². The van der Waals surface area contributed by atoms with Gasteiger partial charge in [-0.25, -0.2) is 0 Å². The molecule has 15 heavy (non-hydrogen) atoms. The normalized spacial score (nSPS) is 24.5. The Hall–Kier alpha value is -0.610. The maximum absolute atomic E-state index is 11.6. The Bertz CT molecular complexity index is 245. The highest BCUT2D eigenvalue weighted by atomic mass is 16.3. The van der Waals surface area contributed by atoms with Crippen molar-refractivity contribution in [1.29, 1.82) is 0 Å². The highest BCUT2D eigenvalue weighted by Gasteiger charge is 2.41. The molecule has 0 saturated carbocycles. The third kappa shape index (κ3) is 2.32. The van der Waals surface area contributed by atoms with Crippen LogP contribution in [-0.4, -0.2) is 59.1 Å². The van der Waals surface area contributed by atoms with Gasteiger partial charge in [0.2, 0.25) is 5.91 Å². The first-order valence-electron chi connectivity index (χ1n) is 5.85. The Kier molecular flexibility index (Phi) is 2.98. The number of hydrogen-bond donors (Lipinski definition) is 1. The maximum Gasteiger partial charge on any atom is 0.236 e. The first-order chi connectivity index (χ1) is 7.13. The first kappa shape index (κ1) is 10.9. The van der Waals surface area contributed by atoms with Crippen LogP contribution in [0.2, 0.25) is 0 Å². The maximum atomic E-state index is 11.6. The zero-order chi connectivity index (χ0) is 10.9. The Morgan fingerprint density at radius 3 is 2.53 bits per heavy atom. The van der Waals surface area contributed by atoms with Crippen LogP contribution in [0.15, 0.2) is 0 Å². The average molecular weight is 212 g/mol. The largest absolute Gasteiger partial charge is 0.387 e. The Morgan fingerprint density at radius 2 is 2.07 bits per heavy atom. The van der Waals surface area contributed by atoms with E-state index in [2.05, 4.69) is 6.92 Å². The van der Waals surface area contributed by atoms with Gasteiger partial charge < -0.3 is 10.0 Å². The lowest BCUT2D eigenvalue weighted by molar-refractivity contribution is -0.145. The molecule has 2 rings (SSSR count). The minimum absolute atomic E-state index is 0.222. The van der Waals surface area contributed by atoms with Crippen LogP contribution >= 0.6 is 0 Å². The second-order valence-electron chi connectivity index (χ2n) is 4.85. The second-order valence-corrected chi connectivity index (χ2v) is 4.85. The summed E-state index contributed by atoms with van der Waals surface area (Å²) < 4.78 is 0. The standard InChI is InChI=1S/C11H20N2O2/c1-2-4-11(15)8-12(9-11)7-10(14)13-5-3-6-13/h15H,2-9H2,1H3. The van der Waals surface area contributed by atoms with Crippen molar-refractivity contribution in [3.63, 3.8) is 0 Å². The smallest absolute Gasteiger partial charge is 0.236 e. The molecule has 0 bridgehead atoms. The van der Waals surface area contributed by atoms with Crippen LogP contribution in [0, 0.1) is 0 Å². The van der Waals surface area contributed by atoms with E-state index in [1.54, 1.807) is 0 Å². The fourth-order valence-corrected chi connectivity index (χ4v) is 2.38. The van der Waals surface area contributed by atoms with Gasteiger partial charge in [-0.05, 0) is 12.8 Å². The van der Waals surface area contributed by atoms with E-state index in [1.165, 1.54) is 0 Å². The highest BCUT2D eigenvalue weighted by Crippen LogP contribution is 2.25. The van der Waals surface area contributed by atoms with Crippen LogP contribution in [0.1, 0.15) is 26.2 Å². The van der Waals surface area contributed by atoms with Gasteiger partial charge in [-0.15, -0.1) is 0 Å². The lowest BCUT2D eigenvalue weighted by Crippen LogP contribution is -2.63. The minimum atomic E-state index is -0.510. The van der Waals surface area contributed by atoms with Crippen molar-refractivity contribution in [1.82, 2.24) is 9.80 Å². The number of rotatable bonds is 4. The average Bonchev–Trinajstić information content (AvgIpc) is 1.97. The summed E-state index contributed by atoms with van der Waals surface area (Å²) in [6, 6.07) is 0. The van der Waals surface area contributed by atoms with Gasteiger partial charge in [0.1, 0.15) is 0 Å². The van der Waals surface area contributed by atoms with Crippen LogP contribution in [0.4, 0.5) is 0 Å². The molecule has 0 spiro atoms. The molecule has 1 amide bonds. The number of aliphatic hydroxyl groups is 1. The molecule has 2 heterocycles. The van der Waals surface area contributed by atoms with Crippen LogP contribution in [0.3, 0.4) is 0 Å². The van der Waals surface area contributed by atoms with E-state index < -0.39 is 5.60 Å². The summed E-state index contributed by atoms with van der Waals surface area (Å²) in [6.45, 7) is 5.75. The molecule has 2 saturated heterocycles. The van der Waals surface area contributed by atoms with Crippen molar-refractivity contribution in [2.45, 2.75) is 31.8 Å². The van der Waals surface area contributed by atoms with Crippen molar-refractivity contribution < 1.29 is 9.90 Å². The summed E-state index contributed by atoms with van der Waals surface area (Å²) in [7, 11) is 0. The molecule has 0 aromatic carbocycles. The summed E-state index contributed by atoms with van der Waals surface area (Å²) in [6.07, 6.45) is 3.00. The van der Waals surface area contributed by atoms with Crippen molar-refractivity contribution >= 4 is 5.91 Å². The van der Waals surface area contributed by atoms with Gasteiger partial charge in [-0.3, -0.25) is 9.69 Å². The van der Waals surface area contributed by atoms with E-state index >= 15 is 0 Å². The van der Waals surface area contributed by atoms with Crippen molar-refractivity contribution in [2.75, 3.05) is 32.7 Å².